The maximum Gasteiger partial charge on any atom is 0.169 e. The summed E-state index contributed by atoms with van der Waals surface area (Å²) in [6.07, 6.45) is 0. The number of halogens is 3. The minimum absolute atomic E-state index is 0.382. The first kappa shape index (κ1) is 11.5. The van der Waals surface area contributed by atoms with E-state index in [9.17, 15) is 0 Å². The molecule has 1 unspecified atom stereocenters. The quantitative estimate of drug-likeness (QED) is 0.885. The maximum absolute atomic E-state index is 6.00. The molecule has 0 bridgehead atoms. The molecule has 2 rings (SSSR count). The van der Waals surface area contributed by atoms with E-state index in [1.807, 2.05) is 0 Å². The Morgan fingerprint density at radius 3 is 2.60 bits per heavy atom. The van der Waals surface area contributed by atoms with Gasteiger partial charge in [0.15, 0.2) is 4.67 Å². The van der Waals surface area contributed by atoms with E-state index in [0.717, 1.165) is 5.56 Å². The summed E-state index contributed by atoms with van der Waals surface area (Å²) in [7, 11) is 0. The zero-order valence-electron chi connectivity index (χ0n) is 7.34. The highest BCUT2D eigenvalue weighted by atomic mass is 79.9. The van der Waals surface area contributed by atoms with E-state index in [1.165, 1.54) is 11.3 Å². The SMILES string of the molecule is NC(c1ccc(Br)o1)c1cc(Cl)sc1Cl. The van der Waals surface area contributed by atoms with Gasteiger partial charge in [0.1, 0.15) is 5.76 Å². The molecule has 0 saturated heterocycles. The molecule has 15 heavy (non-hydrogen) atoms. The molecule has 0 amide bonds. The largest absolute Gasteiger partial charge is 0.452 e. The van der Waals surface area contributed by atoms with Crippen molar-refractivity contribution in [1.29, 1.82) is 0 Å². The normalized spacial score (nSPS) is 13.1. The van der Waals surface area contributed by atoms with Crippen molar-refractivity contribution < 1.29 is 4.42 Å². The predicted octanol–water partition coefficient (Wildman–Crippen LogP) is 4.46. The lowest BCUT2D eigenvalue weighted by molar-refractivity contribution is 0.470. The molecule has 0 aromatic carbocycles. The van der Waals surface area contributed by atoms with E-state index in [1.54, 1.807) is 18.2 Å². The Morgan fingerprint density at radius 1 is 1.40 bits per heavy atom. The summed E-state index contributed by atoms with van der Waals surface area (Å²) < 4.78 is 7.22. The molecule has 1 atom stereocenters. The average Bonchev–Trinajstić information content (AvgIpc) is 2.71. The van der Waals surface area contributed by atoms with Crippen LogP contribution >= 0.6 is 50.5 Å². The van der Waals surface area contributed by atoms with Crippen LogP contribution in [0.3, 0.4) is 0 Å². The van der Waals surface area contributed by atoms with E-state index >= 15 is 0 Å². The molecule has 6 heteroatoms. The maximum atomic E-state index is 6.00. The smallest absolute Gasteiger partial charge is 0.169 e. The summed E-state index contributed by atoms with van der Waals surface area (Å²) in [6, 6.07) is 4.97. The van der Waals surface area contributed by atoms with E-state index in [-0.39, 0.29) is 6.04 Å². The Hall–Kier alpha value is -0.0000000000000000555. The van der Waals surface area contributed by atoms with Crippen LogP contribution in [0.1, 0.15) is 17.4 Å². The van der Waals surface area contributed by atoms with Crippen molar-refractivity contribution in [3.8, 4) is 0 Å². The first-order chi connectivity index (χ1) is 7.08. The molecule has 0 aliphatic rings. The molecule has 2 aromatic heterocycles. The Kier molecular flexibility index (Phi) is 3.42. The number of thiophene rings is 1. The molecule has 80 valence electrons. The second kappa shape index (κ2) is 4.47. The van der Waals surface area contributed by atoms with Crippen LogP contribution in [0, 0.1) is 0 Å². The minimum Gasteiger partial charge on any atom is -0.452 e. The van der Waals surface area contributed by atoms with E-state index in [0.29, 0.717) is 19.1 Å². The number of nitrogens with two attached hydrogens (primary N) is 1. The van der Waals surface area contributed by atoms with Gasteiger partial charge in [-0.1, -0.05) is 23.2 Å². The van der Waals surface area contributed by atoms with Crippen LogP contribution in [0.25, 0.3) is 0 Å². The molecule has 0 fully saturated rings. The lowest BCUT2D eigenvalue weighted by Crippen LogP contribution is -2.10. The lowest BCUT2D eigenvalue weighted by atomic mass is 10.1. The van der Waals surface area contributed by atoms with Crippen molar-refractivity contribution in [2.24, 2.45) is 5.73 Å². The molecule has 0 aliphatic heterocycles. The van der Waals surface area contributed by atoms with Crippen molar-refractivity contribution in [3.63, 3.8) is 0 Å². The first-order valence-electron chi connectivity index (χ1n) is 4.03. The van der Waals surface area contributed by atoms with Crippen molar-refractivity contribution >= 4 is 50.5 Å². The van der Waals surface area contributed by atoms with Gasteiger partial charge in [-0.15, -0.1) is 11.3 Å². The van der Waals surface area contributed by atoms with Crippen LogP contribution in [-0.2, 0) is 0 Å². The first-order valence-corrected chi connectivity index (χ1v) is 6.40. The summed E-state index contributed by atoms with van der Waals surface area (Å²) in [5.74, 6) is 0.651. The third kappa shape index (κ3) is 2.40. The molecule has 0 spiro atoms. The lowest BCUT2D eigenvalue weighted by Gasteiger charge is -2.06. The standard InChI is InChI=1S/C9H6BrCl2NOS/c10-6-2-1-5(14-6)8(13)4-3-7(11)15-9(4)12/h1-3,8H,13H2. The van der Waals surface area contributed by atoms with E-state index < -0.39 is 0 Å². The number of rotatable bonds is 2. The summed E-state index contributed by atoms with van der Waals surface area (Å²) >= 11 is 16.4. The molecule has 0 aliphatic carbocycles. The summed E-state index contributed by atoms with van der Waals surface area (Å²) in [6.45, 7) is 0. The molecule has 0 saturated carbocycles. The zero-order valence-corrected chi connectivity index (χ0v) is 11.3. The van der Waals surface area contributed by atoms with Crippen molar-refractivity contribution in [2.45, 2.75) is 6.04 Å². The van der Waals surface area contributed by atoms with Crippen molar-refractivity contribution in [1.82, 2.24) is 0 Å². The van der Waals surface area contributed by atoms with Crippen LogP contribution in [0.15, 0.2) is 27.3 Å². The van der Waals surface area contributed by atoms with Gasteiger partial charge >= 0.3 is 0 Å². The molecule has 2 nitrogen and oxygen atoms in total. The van der Waals surface area contributed by atoms with Crippen LogP contribution in [-0.4, -0.2) is 0 Å². The third-order valence-corrected chi connectivity index (χ3v) is 3.86. The van der Waals surface area contributed by atoms with Gasteiger partial charge in [-0.2, -0.15) is 0 Å². The Bertz CT molecular complexity index is 482. The van der Waals surface area contributed by atoms with Gasteiger partial charge in [0.05, 0.1) is 14.7 Å². The van der Waals surface area contributed by atoms with Crippen LogP contribution in [0.4, 0.5) is 0 Å². The van der Waals surface area contributed by atoms with Gasteiger partial charge < -0.3 is 10.2 Å². The summed E-state index contributed by atoms with van der Waals surface area (Å²) in [4.78, 5) is 0. The van der Waals surface area contributed by atoms with E-state index in [4.69, 9.17) is 33.4 Å². The van der Waals surface area contributed by atoms with Gasteiger partial charge in [-0.3, -0.25) is 0 Å². The fourth-order valence-corrected chi connectivity index (χ4v) is 3.08. The van der Waals surface area contributed by atoms with Gasteiger partial charge in [-0.25, -0.2) is 0 Å². The van der Waals surface area contributed by atoms with Crippen LogP contribution in [0.2, 0.25) is 8.67 Å². The van der Waals surface area contributed by atoms with Crippen molar-refractivity contribution in [3.05, 3.63) is 42.9 Å². The Morgan fingerprint density at radius 2 is 2.13 bits per heavy atom. The number of hydrogen-bond donors (Lipinski definition) is 1. The average molecular weight is 327 g/mol. The highest BCUT2D eigenvalue weighted by Crippen LogP contribution is 2.37. The van der Waals surface area contributed by atoms with Gasteiger partial charge in [0.25, 0.3) is 0 Å². The highest BCUT2D eigenvalue weighted by molar-refractivity contribution is 9.10. The van der Waals surface area contributed by atoms with Gasteiger partial charge in [0, 0.05) is 5.56 Å². The fourth-order valence-electron chi connectivity index (χ4n) is 1.21. The second-order valence-electron chi connectivity index (χ2n) is 2.90. The number of hydrogen-bond acceptors (Lipinski definition) is 3. The Balaban J connectivity index is 2.35. The van der Waals surface area contributed by atoms with Gasteiger partial charge in [0.2, 0.25) is 0 Å². The number of furan rings is 1. The fraction of sp³-hybridized carbons (Fsp3) is 0.111. The zero-order chi connectivity index (χ0) is 11.0. The van der Waals surface area contributed by atoms with E-state index in [2.05, 4.69) is 15.9 Å². The summed E-state index contributed by atoms with van der Waals surface area (Å²) in [5.41, 5.74) is 6.78. The molecule has 2 aromatic rings. The summed E-state index contributed by atoms with van der Waals surface area (Å²) in [5, 5.41) is 0. The predicted molar refractivity (Wildman–Crippen MR) is 66.8 cm³/mol. The monoisotopic (exact) mass is 325 g/mol. The minimum atomic E-state index is -0.382. The van der Waals surface area contributed by atoms with Crippen LogP contribution < -0.4 is 5.73 Å². The molecule has 2 N–H and O–H groups in total. The highest BCUT2D eigenvalue weighted by Gasteiger charge is 2.18. The van der Waals surface area contributed by atoms with Gasteiger partial charge in [-0.05, 0) is 34.1 Å². The molecule has 0 radical (unpaired) electrons. The molecule has 2 heterocycles. The topological polar surface area (TPSA) is 39.2 Å². The Labute approximate surface area is 109 Å². The van der Waals surface area contributed by atoms with Crippen LogP contribution in [0.5, 0.6) is 0 Å². The second-order valence-corrected chi connectivity index (χ2v) is 5.97. The molecular weight excluding hydrogens is 321 g/mol. The van der Waals surface area contributed by atoms with Crippen molar-refractivity contribution in [2.75, 3.05) is 0 Å². The molecular formula is C9H6BrCl2NOS. The third-order valence-electron chi connectivity index (χ3n) is 1.92.